The number of hydrogen-bond acceptors (Lipinski definition) is 2. The number of benzene rings is 1. The lowest BCUT2D eigenvalue weighted by Gasteiger charge is -2.25. The first-order valence-corrected chi connectivity index (χ1v) is 5.38. The number of carbonyl (C=O) groups is 1. The molecule has 0 fully saturated rings. The van der Waals surface area contributed by atoms with Gasteiger partial charge in [-0.05, 0) is 36.6 Å². The van der Waals surface area contributed by atoms with Crippen molar-refractivity contribution in [2.45, 2.75) is 18.8 Å². The molecule has 1 amide bonds. The summed E-state index contributed by atoms with van der Waals surface area (Å²) in [6, 6.07) is 5.61. The van der Waals surface area contributed by atoms with Crippen LogP contribution < -0.4 is 11.1 Å². The molecule has 1 unspecified atom stereocenters. The lowest BCUT2D eigenvalue weighted by molar-refractivity contribution is -0.116. The first-order chi connectivity index (χ1) is 7.20. The number of nitrogens with two attached hydrogens (primary N) is 1. The van der Waals surface area contributed by atoms with Gasteiger partial charge in [-0.25, -0.2) is 0 Å². The second-order valence-corrected chi connectivity index (χ2v) is 4.19. The van der Waals surface area contributed by atoms with Crippen molar-refractivity contribution < 1.29 is 4.79 Å². The topological polar surface area (TPSA) is 55.1 Å². The molecule has 1 aliphatic heterocycles. The van der Waals surface area contributed by atoms with Gasteiger partial charge in [-0.2, -0.15) is 0 Å². The zero-order valence-corrected chi connectivity index (χ0v) is 9.05. The van der Waals surface area contributed by atoms with Crippen molar-refractivity contribution in [1.82, 2.24) is 0 Å². The third-order valence-electron chi connectivity index (χ3n) is 2.68. The van der Waals surface area contributed by atoms with Crippen molar-refractivity contribution in [2.75, 3.05) is 11.9 Å². The van der Waals surface area contributed by atoms with Crippen molar-refractivity contribution in [3.05, 3.63) is 28.8 Å². The van der Waals surface area contributed by atoms with Gasteiger partial charge in [-0.1, -0.05) is 17.7 Å². The standard InChI is InChI=1S/C11H13ClN2O/c12-8-1-2-9-7(3-4-13)5-11(15)14-10(9)6-8/h1-2,6-7H,3-5,13H2,(H,14,15). The Morgan fingerprint density at radius 3 is 3.07 bits per heavy atom. The van der Waals surface area contributed by atoms with E-state index < -0.39 is 0 Å². The molecule has 2 rings (SSSR count). The molecule has 0 saturated carbocycles. The van der Waals surface area contributed by atoms with Gasteiger partial charge in [-0.3, -0.25) is 4.79 Å². The highest BCUT2D eigenvalue weighted by molar-refractivity contribution is 6.31. The predicted octanol–water partition coefficient (Wildman–Crippen LogP) is 2.11. The van der Waals surface area contributed by atoms with Gasteiger partial charge in [0.1, 0.15) is 0 Å². The smallest absolute Gasteiger partial charge is 0.224 e. The van der Waals surface area contributed by atoms with E-state index >= 15 is 0 Å². The average molecular weight is 225 g/mol. The first-order valence-electron chi connectivity index (χ1n) is 5.00. The van der Waals surface area contributed by atoms with Crippen molar-refractivity contribution in [1.29, 1.82) is 0 Å². The molecule has 0 radical (unpaired) electrons. The van der Waals surface area contributed by atoms with Crippen LogP contribution in [0.25, 0.3) is 0 Å². The summed E-state index contributed by atoms with van der Waals surface area (Å²) in [4.78, 5) is 11.4. The fourth-order valence-electron chi connectivity index (χ4n) is 1.99. The summed E-state index contributed by atoms with van der Waals surface area (Å²) < 4.78 is 0. The molecule has 1 heterocycles. The molecule has 3 nitrogen and oxygen atoms in total. The van der Waals surface area contributed by atoms with Crippen LogP contribution in [0.15, 0.2) is 18.2 Å². The molecule has 3 N–H and O–H groups in total. The first kappa shape index (κ1) is 10.5. The van der Waals surface area contributed by atoms with Crippen LogP contribution in [-0.4, -0.2) is 12.5 Å². The monoisotopic (exact) mass is 224 g/mol. The number of carbonyl (C=O) groups excluding carboxylic acids is 1. The SMILES string of the molecule is NCCC1CC(=O)Nc2cc(Cl)ccc21. The van der Waals surface area contributed by atoms with Crippen LogP contribution >= 0.6 is 11.6 Å². The molecule has 1 atom stereocenters. The highest BCUT2D eigenvalue weighted by atomic mass is 35.5. The second kappa shape index (κ2) is 4.21. The molecule has 0 saturated heterocycles. The summed E-state index contributed by atoms with van der Waals surface area (Å²) in [7, 11) is 0. The minimum atomic E-state index is 0.0446. The van der Waals surface area contributed by atoms with E-state index in [9.17, 15) is 4.79 Å². The van der Waals surface area contributed by atoms with Crippen LogP contribution in [0.1, 0.15) is 24.3 Å². The third kappa shape index (κ3) is 2.13. The van der Waals surface area contributed by atoms with Crippen LogP contribution in [-0.2, 0) is 4.79 Å². The molecule has 0 aromatic heterocycles. The zero-order chi connectivity index (χ0) is 10.8. The Hall–Kier alpha value is -1.06. The summed E-state index contributed by atoms with van der Waals surface area (Å²) in [5, 5.41) is 3.47. The van der Waals surface area contributed by atoms with Crippen LogP contribution in [0.5, 0.6) is 0 Å². The molecule has 80 valence electrons. The molecule has 0 bridgehead atoms. The van der Waals surface area contributed by atoms with Crippen molar-refractivity contribution in [2.24, 2.45) is 5.73 Å². The van der Waals surface area contributed by atoms with Gasteiger partial charge in [0.05, 0.1) is 0 Å². The lowest BCUT2D eigenvalue weighted by atomic mass is 9.88. The summed E-state index contributed by atoms with van der Waals surface area (Å²) in [6.45, 7) is 0.597. The fraction of sp³-hybridized carbons (Fsp3) is 0.364. The van der Waals surface area contributed by atoms with Crippen LogP contribution in [0, 0.1) is 0 Å². The Bertz CT molecular complexity index is 392. The van der Waals surface area contributed by atoms with Gasteiger partial charge in [-0.15, -0.1) is 0 Å². The van der Waals surface area contributed by atoms with Gasteiger partial charge in [0, 0.05) is 17.1 Å². The highest BCUT2D eigenvalue weighted by Gasteiger charge is 2.24. The van der Waals surface area contributed by atoms with E-state index in [-0.39, 0.29) is 11.8 Å². The van der Waals surface area contributed by atoms with Crippen LogP contribution in [0.4, 0.5) is 5.69 Å². The van der Waals surface area contributed by atoms with Crippen molar-refractivity contribution in [3.63, 3.8) is 0 Å². The molecule has 1 aromatic carbocycles. The number of rotatable bonds is 2. The molecular weight excluding hydrogens is 212 g/mol. The molecule has 15 heavy (non-hydrogen) atoms. The van der Waals surface area contributed by atoms with Crippen LogP contribution in [0.3, 0.4) is 0 Å². The van der Waals surface area contributed by atoms with Crippen molar-refractivity contribution >= 4 is 23.2 Å². The Kier molecular flexibility index (Phi) is 2.93. The van der Waals surface area contributed by atoms with E-state index in [1.165, 1.54) is 0 Å². The van der Waals surface area contributed by atoms with Gasteiger partial charge in [0.15, 0.2) is 0 Å². The van der Waals surface area contributed by atoms with E-state index in [0.717, 1.165) is 17.7 Å². The quantitative estimate of drug-likeness (QED) is 0.809. The maximum absolute atomic E-state index is 11.4. The largest absolute Gasteiger partial charge is 0.330 e. The number of anilines is 1. The van der Waals surface area contributed by atoms with E-state index in [1.54, 1.807) is 6.07 Å². The normalized spacial score (nSPS) is 19.6. The predicted molar refractivity (Wildman–Crippen MR) is 61.1 cm³/mol. The van der Waals surface area contributed by atoms with E-state index in [1.807, 2.05) is 12.1 Å². The number of halogens is 1. The Balaban J connectivity index is 2.37. The number of hydrogen-bond donors (Lipinski definition) is 2. The van der Waals surface area contributed by atoms with E-state index in [0.29, 0.717) is 18.0 Å². The molecule has 4 heteroatoms. The highest BCUT2D eigenvalue weighted by Crippen LogP contribution is 2.35. The Morgan fingerprint density at radius 1 is 1.53 bits per heavy atom. The molecule has 1 aliphatic rings. The third-order valence-corrected chi connectivity index (χ3v) is 2.91. The fourth-order valence-corrected chi connectivity index (χ4v) is 2.16. The second-order valence-electron chi connectivity index (χ2n) is 3.76. The Morgan fingerprint density at radius 2 is 2.33 bits per heavy atom. The number of fused-ring (bicyclic) bond motifs is 1. The number of amides is 1. The number of nitrogens with one attached hydrogen (secondary N) is 1. The lowest BCUT2D eigenvalue weighted by Crippen LogP contribution is -2.24. The van der Waals surface area contributed by atoms with E-state index in [4.69, 9.17) is 17.3 Å². The molecular formula is C11H13ClN2O. The van der Waals surface area contributed by atoms with Crippen LogP contribution in [0.2, 0.25) is 5.02 Å². The van der Waals surface area contributed by atoms with Gasteiger partial charge >= 0.3 is 0 Å². The van der Waals surface area contributed by atoms with Crippen molar-refractivity contribution in [3.8, 4) is 0 Å². The minimum Gasteiger partial charge on any atom is -0.330 e. The average Bonchev–Trinajstić information content (AvgIpc) is 2.17. The van der Waals surface area contributed by atoms with Gasteiger partial charge in [0.2, 0.25) is 5.91 Å². The molecule has 0 aliphatic carbocycles. The molecule has 0 spiro atoms. The zero-order valence-electron chi connectivity index (χ0n) is 8.29. The Labute approximate surface area is 93.6 Å². The minimum absolute atomic E-state index is 0.0446. The summed E-state index contributed by atoms with van der Waals surface area (Å²) in [6.07, 6.45) is 1.36. The summed E-state index contributed by atoms with van der Waals surface area (Å²) in [5.74, 6) is 0.277. The maximum Gasteiger partial charge on any atom is 0.224 e. The van der Waals surface area contributed by atoms with Gasteiger partial charge in [0.25, 0.3) is 0 Å². The summed E-state index contributed by atoms with van der Waals surface area (Å²) in [5.41, 5.74) is 7.51. The maximum atomic E-state index is 11.4. The van der Waals surface area contributed by atoms with E-state index in [2.05, 4.69) is 5.32 Å². The summed E-state index contributed by atoms with van der Waals surface area (Å²) >= 11 is 5.87. The van der Waals surface area contributed by atoms with Gasteiger partial charge < -0.3 is 11.1 Å². The molecule has 1 aromatic rings.